The average molecular weight is 366 g/mol. The maximum atomic E-state index is 13.2. The number of benzene rings is 1. The zero-order valence-corrected chi connectivity index (χ0v) is 16.0. The van der Waals surface area contributed by atoms with E-state index in [0.29, 0.717) is 39.3 Å². The summed E-state index contributed by atoms with van der Waals surface area (Å²) in [5, 5.41) is 0.986. The van der Waals surface area contributed by atoms with E-state index < -0.39 is 0 Å². The molecule has 2 aliphatic rings. The topological polar surface area (TPSA) is 20.3 Å². The van der Waals surface area contributed by atoms with Crippen molar-refractivity contribution in [1.82, 2.24) is 4.90 Å². The van der Waals surface area contributed by atoms with E-state index in [2.05, 4.69) is 32.9 Å². The summed E-state index contributed by atoms with van der Waals surface area (Å²) in [5.74, 6) is 2.32. The fraction of sp³-hybridized carbons (Fsp3) is 0.550. The lowest BCUT2D eigenvalue weighted by Crippen LogP contribution is -2.45. The first kappa shape index (κ1) is 17.8. The molecule has 24 heavy (non-hydrogen) atoms. The molecule has 2 aliphatic carbocycles. The minimum atomic E-state index is 0.0182. The number of carbonyl (C=O) groups is 1. The third-order valence-corrected chi connectivity index (χ3v) is 6.27. The highest BCUT2D eigenvalue weighted by molar-refractivity contribution is 6.36. The van der Waals surface area contributed by atoms with Gasteiger partial charge in [0.15, 0.2) is 0 Å². The number of fused-ring (bicyclic) bond motifs is 2. The lowest BCUT2D eigenvalue weighted by molar-refractivity contribution is 0.0594. The van der Waals surface area contributed by atoms with Crippen LogP contribution in [0.1, 0.15) is 44.0 Å². The smallest absolute Gasteiger partial charge is 0.255 e. The van der Waals surface area contributed by atoms with E-state index in [1.54, 1.807) is 18.2 Å². The number of rotatable bonds is 5. The molecule has 2 bridgehead atoms. The summed E-state index contributed by atoms with van der Waals surface area (Å²) in [4.78, 5) is 15.2. The Morgan fingerprint density at radius 3 is 2.50 bits per heavy atom. The van der Waals surface area contributed by atoms with Gasteiger partial charge in [0, 0.05) is 17.6 Å². The van der Waals surface area contributed by atoms with Gasteiger partial charge in [-0.3, -0.25) is 4.79 Å². The van der Waals surface area contributed by atoms with E-state index >= 15 is 0 Å². The van der Waals surface area contributed by atoms with Crippen molar-refractivity contribution in [3.05, 3.63) is 46.0 Å². The van der Waals surface area contributed by atoms with Gasteiger partial charge in [-0.05, 0) is 61.6 Å². The highest BCUT2D eigenvalue weighted by Gasteiger charge is 2.38. The molecule has 4 atom stereocenters. The van der Waals surface area contributed by atoms with Gasteiger partial charge < -0.3 is 4.90 Å². The number of hydrogen-bond donors (Lipinski definition) is 0. The maximum Gasteiger partial charge on any atom is 0.255 e. The highest BCUT2D eigenvalue weighted by atomic mass is 35.5. The van der Waals surface area contributed by atoms with Crippen LogP contribution in [0.2, 0.25) is 10.0 Å². The van der Waals surface area contributed by atoms with Gasteiger partial charge in [-0.2, -0.15) is 0 Å². The predicted octanol–water partition coefficient (Wildman–Crippen LogP) is 5.69. The average Bonchev–Trinajstić information content (AvgIpc) is 3.14. The Labute approximate surface area is 154 Å². The fourth-order valence-corrected chi connectivity index (χ4v) is 4.46. The van der Waals surface area contributed by atoms with Crippen molar-refractivity contribution in [2.24, 2.45) is 23.7 Å². The Kier molecular flexibility index (Phi) is 5.27. The second kappa shape index (κ2) is 7.09. The second-order valence-electron chi connectivity index (χ2n) is 7.61. The third kappa shape index (κ3) is 3.50. The lowest BCUT2D eigenvalue weighted by Gasteiger charge is -2.35. The van der Waals surface area contributed by atoms with Crippen molar-refractivity contribution in [1.29, 1.82) is 0 Å². The third-order valence-electron chi connectivity index (χ3n) is 5.73. The number of allylic oxidation sites excluding steroid dienone is 2. The molecule has 0 heterocycles. The molecule has 2 nitrogen and oxygen atoms in total. The van der Waals surface area contributed by atoms with Gasteiger partial charge >= 0.3 is 0 Å². The quantitative estimate of drug-likeness (QED) is 0.613. The molecule has 1 saturated carbocycles. The molecule has 0 spiro atoms. The Bertz CT molecular complexity index is 655. The molecule has 1 aromatic rings. The first-order valence-electron chi connectivity index (χ1n) is 8.81. The zero-order chi connectivity index (χ0) is 17.4. The van der Waals surface area contributed by atoms with Crippen LogP contribution in [0.3, 0.4) is 0 Å². The minimum Gasteiger partial charge on any atom is -0.335 e. The minimum absolute atomic E-state index is 0.0182. The normalized spacial score (nSPS) is 26.2. The Balaban J connectivity index is 1.84. The first-order chi connectivity index (χ1) is 11.4. The summed E-state index contributed by atoms with van der Waals surface area (Å²) in [7, 11) is 0. The predicted molar refractivity (Wildman–Crippen MR) is 101 cm³/mol. The van der Waals surface area contributed by atoms with Gasteiger partial charge in [-0.15, -0.1) is 0 Å². The Hall–Kier alpha value is -0.990. The molecule has 130 valence electrons. The van der Waals surface area contributed by atoms with Gasteiger partial charge in [0.25, 0.3) is 5.91 Å². The largest absolute Gasteiger partial charge is 0.335 e. The summed E-state index contributed by atoms with van der Waals surface area (Å²) in [6.07, 6.45) is 7.14. The van der Waals surface area contributed by atoms with Crippen LogP contribution in [-0.2, 0) is 0 Å². The van der Waals surface area contributed by atoms with Crippen LogP contribution < -0.4 is 0 Å². The summed E-state index contributed by atoms with van der Waals surface area (Å²) < 4.78 is 0. The monoisotopic (exact) mass is 365 g/mol. The molecule has 1 fully saturated rings. The van der Waals surface area contributed by atoms with Gasteiger partial charge in [-0.1, -0.05) is 49.2 Å². The number of amides is 1. The first-order valence-corrected chi connectivity index (χ1v) is 9.56. The van der Waals surface area contributed by atoms with E-state index in [1.807, 2.05) is 4.90 Å². The van der Waals surface area contributed by atoms with Gasteiger partial charge in [0.2, 0.25) is 0 Å². The summed E-state index contributed by atoms with van der Waals surface area (Å²) in [6.45, 7) is 7.27. The van der Waals surface area contributed by atoms with E-state index in [0.717, 1.165) is 6.54 Å². The van der Waals surface area contributed by atoms with Crippen LogP contribution in [0.25, 0.3) is 0 Å². The number of halogens is 2. The van der Waals surface area contributed by atoms with Crippen molar-refractivity contribution >= 4 is 29.1 Å². The molecule has 3 rings (SSSR count). The standard InChI is InChI=1S/C20H25Cl2NO/c1-12(2)13(3)23(11-16-9-14-4-5-15(16)8-14)20(24)18-7-6-17(21)10-19(18)22/h4-7,10,12-16H,8-9,11H2,1-3H3. The van der Waals surface area contributed by atoms with Crippen molar-refractivity contribution < 1.29 is 4.79 Å². The SMILES string of the molecule is CC(C)C(C)N(CC1CC2C=CC1C2)C(=O)c1ccc(Cl)cc1Cl. The molecule has 1 amide bonds. The number of carbonyl (C=O) groups excluding carboxylic acids is 1. The van der Waals surface area contributed by atoms with Gasteiger partial charge in [0.05, 0.1) is 10.6 Å². The summed E-state index contributed by atoms with van der Waals surface area (Å²) in [6, 6.07) is 5.30. The molecule has 1 aromatic carbocycles. The summed E-state index contributed by atoms with van der Waals surface area (Å²) >= 11 is 12.3. The molecule has 0 aliphatic heterocycles. The highest BCUT2D eigenvalue weighted by Crippen LogP contribution is 2.44. The molecule has 0 aromatic heterocycles. The van der Waals surface area contributed by atoms with Crippen LogP contribution in [0.15, 0.2) is 30.4 Å². The molecular weight excluding hydrogens is 341 g/mol. The van der Waals surface area contributed by atoms with Crippen molar-refractivity contribution in [2.75, 3.05) is 6.54 Å². The van der Waals surface area contributed by atoms with Crippen LogP contribution in [0.4, 0.5) is 0 Å². The van der Waals surface area contributed by atoms with Crippen LogP contribution in [-0.4, -0.2) is 23.4 Å². The lowest BCUT2D eigenvalue weighted by atomic mass is 9.91. The molecule has 0 N–H and O–H groups in total. The van der Waals surface area contributed by atoms with Gasteiger partial charge in [-0.25, -0.2) is 0 Å². The van der Waals surface area contributed by atoms with Crippen LogP contribution in [0.5, 0.6) is 0 Å². The zero-order valence-electron chi connectivity index (χ0n) is 14.5. The van der Waals surface area contributed by atoms with E-state index in [4.69, 9.17) is 23.2 Å². The molecular formula is C20H25Cl2NO. The molecule has 4 heteroatoms. The van der Waals surface area contributed by atoms with Crippen LogP contribution >= 0.6 is 23.2 Å². The summed E-state index contributed by atoms with van der Waals surface area (Å²) in [5.41, 5.74) is 0.548. The Morgan fingerprint density at radius 1 is 1.21 bits per heavy atom. The number of hydrogen-bond acceptors (Lipinski definition) is 1. The van der Waals surface area contributed by atoms with Crippen LogP contribution in [0, 0.1) is 23.7 Å². The van der Waals surface area contributed by atoms with Gasteiger partial charge in [0.1, 0.15) is 0 Å². The Morgan fingerprint density at radius 2 is 1.96 bits per heavy atom. The molecule has 0 saturated heterocycles. The van der Waals surface area contributed by atoms with Crippen molar-refractivity contribution in [3.8, 4) is 0 Å². The molecule has 0 radical (unpaired) electrons. The van der Waals surface area contributed by atoms with E-state index in [1.165, 1.54) is 12.8 Å². The molecule has 4 unspecified atom stereocenters. The van der Waals surface area contributed by atoms with E-state index in [9.17, 15) is 4.79 Å². The van der Waals surface area contributed by atoms with E-state index in [-0.39, 0.29) is 11.9 Å². The van der Waals surface area contributed by atoms with Crippen molar-refractivity contribution in [3.63, 3.8) is 0 Å². The van der Waals surface area contributed by atoms with Crippen molar-refractivity contribution in [2.45, 2.75) is 39.7 Å². The number of nitrogens with zero attached hydrogens (tertiary/aromatic N) is 1. The fourth-order valence-electron chi connectivity index (χ4n) is 3.97. The maximum absolute atomic E-state index is 13.2. The second-order valence-corrected chi connectivity index (χ2v) is 8.45.